The van der Waals surface area contributed by atoms with E-state index in [0.717, 1.165) is 25.3 Å². The predicted molar refractivity (Wildman–Crippen MR) is 75.9 cm³/mol. The second-order valence-corrected chi connectivity index (χ2v) is 5.32. The molecule has 2 heterocycles. The van der Waals surface area contributed by atoms with Crippen molar-refractivity contribution in [3.63, 3.8) is 0 Å². The Kier molecular flexibility index (Phi) is 3.50. The molecule has 0 spiro atoms. The second kappa shape index (κ2) is 5.30. The minimum Gasteiger partial charge on any atom is -0.378 e. The number of nitrogens with zero attached hydrogens (tertiary/aromatic N) is 4. The first kappa shape index (κ1) is 13.2. The zero-order valence-corrected chi connectivity index (χ0v) is 11.4. The smallest absolute Gasteiger partial charge is 0.208 e. The Labute approximate surface area is 117 Å². The van der Waals surface area contributed by atoms with E-state index < -0.39 is 0 Å². The molecule has 1 saturated heterocycles. The largest absolute Gasteiger partial charge is 0.378 e. The third-order valence-corrected chi connectivity index (χ3v) is 3.88. The molecule has 2 N–H and O–H groups in total. The monoisotopic (exact) mass is 276 g/mol. The average molecular weight is 276 g/mol. The molecule has 0 radical (unpaired) electrons. The molecule has 1 fully saturated rings. The summed E-state index contributed by atoms with van der Waals surface area (Å²) in [5, 5.41) is 8.21. The maximum absolute atomic E-state index is 13.5. The number of nitrogens with two attached hydrogens (primary N) is 1. The molecule has 0 aliphatic carbocycles. The van der Waals surface area contributed by atoms with Gasteiger partial charge in [-0.1, -0.05) is 11.2 Å². The maximum atomic E-state index is 13.5. The Morgan fingerprint density at radius 2 is 2.10 bits per heavy atom. The highest BCUT2D eigenvalue weighted by Gasteiger charge is 2.35. The van der Waals surface area contributed by atoms with Crippen LogP contribution in [0.3, 0.4) is 0 Å². The van der Waals surface area contributed by atoms with Crippen molar-refractivity contribution in [2.75, 3.05) is 26.2 Å². The lowest BCUT2D eigenvalue weighted by Crippen LogP contribution is -2.43. The van der Waals surface area contributed by atoms with E-state index in [-0.39, 0.29) is 10.4 Å². The van der Waals surface area contributed by atoms with E-state index in [1.807, 2.05) is 6.07 Å². The van der Waals surface area contributed by atoms with Gasteiger partial charge in [0, 0.05) is 17.4 Å². The standard InChI is InChI=1S/C14H19FN5/c15-12-4-3-5-13(10-12)20(11-14(16)17-18-20)9-8-19-6-1-2-7-19/h3-5,10-11H,1-2,6-9,16H2/q+1. The molecule has 0 aromatic heterocycles. The molecule has 1 aromatic rings. The highest BCUT2D eigenvalue weighted by molar-refractivity contribution is 5.45. The van der Waals surface area contributed by atoms with E-state index in [2.05, 4.69) is 15.2 Å². The molecule has 1 unspecified atom stereocenters. The summed E-state index contributed by atoms with van der Waals surface area (Å²) in [4.78, 5) is 2.40. The normalized spacial score (nSPS) is 26.1. The van der Waals surface area contributed by atoms with Gasteiger partial charge in [-0.15, -0.1) is 4.59 Å². The molecule has 0 amide bonds. The summed E-state index contributed by atoms with van der Waals surface area (Å²) >= 11 is 0. The summed E-state index contributed by atoms with van der Waals surface area (Å²) in [6.45, 7) is 3.87. The first-order valence-corrected chi connectivity index (χ1v) is 6.96. The summed E-state index contributed by atoms with van der Waals surface area (Å²) in [6.07, 6.45) is 4.28. The van der Waals surface area contributed by atoms with Crippen molar-refractivity contribution in [1.82, 2.24) is 9.49 Å². The third-order valence-electron chi connectivity index (χ3n) is 3.88. The van der Waals surface area contributed by atoms with Crippen LogP contribution >= 0.6 is 0 Å². The van der Waals surface area contributed by atoms with Gasteiger partial charge in [-0.25, -0.2) is 4.39 Å². The van der Waals surface area contributed by atoms with Crippen LogP contribution in [-0.2, 0) is 0 Å². The predicted octanol–water partition coefficient (Wildman–Crippen LogP) is 2.37. The number of likely N-dealkylation sites (tertiary alicyclic amines) is 1. The summed E-state index contributed by atoms with van der Waals surface area (Å²) in [5.74, 6) is 0.117. The number of rotatable bonds is 4. The minimum absolute atomic E-state index is 0.153. The van der Waals surface area contributed by atoms with Crippen LogP contribution in [-0.4, -0.2) is 31.1 Å². The van der Waals surface area contributed by atoms with Crippen molar-refractivity contribution < 1.29 is 4.39 Å². The number of hydrogen-bond acceptors (Lipinski definition) is 4. The first-order valence-electron chi connectivity index (χ1n) is 6.96. The van der Waals surface area contributed by atoms with Crippen LogP contribution in [0.15, 0.2) is 46.6 Å². The summed E-state index contributed by atoms with van der Waals surface area (Å²) in [6, 6.07) is 6.48. The summed E-state index contributed by atoms with van der Waals surface area (Å²) < 4.78 is 13.6. The Hall–Kier alpha value is -1.79. The molecule has 1 atom stereocenters. The second-order valence-electron chi connectivity index (χ2n) is 5.32. The molecular formula is C14H19FN5+. The van der Waals surface area contributed by atoms with Gasteiger partial charge in [-0.05, 0) is 32.0 Å². The maximum Gasteiger partial charge on any atom is 0.208 e. The van der Waals surface area contributed by atoms with Crippen LogP contribution in [0.5, 0.6) is 0 Å². The Balaban J connectivity index is 1.84. The van der Waals surface area contributed by atoms with E-state index >= 15 is 0 Å². The van der Waals surface area contributed by atoms with E-state index in [0.29, 0.717) is 12.4 Å². The first-order chi connectivity index (χ1) is 9.68. The number of halogens is 1. The van der Waals surface area contributed by atoms with Crippen LogP contribution in [0.4, 0.5) is 10.1 Å². The van der Waals surface area contributed by atoms with Crippen molar-refractivity contribution in [2.45, 2.75) is 12.8 Å². The molecular weight excluding hydrogens is 257 g/mol. The molecule has 20 heavy (non-hydrogen) atoms. The van der Waals surface area contributed by atoms with E-state index in [4.69, 9.17) is 5.73 Å². The molecule has 1 aromatic carbocycles. The average Bonchev–Trinajstić information content (AvgIpc) is 3.07. The van der Waals surface area contributed by atoms with Gasteiger partial charge in [0.15, 0.2) is 11.9 Å². The molecule has 0 saturated carbocycles. The zero-order chi connectivity index (χ0) is 14.0. The number of hydrogen-bond donors (Lipinski definition) is 1. The van der Waals surface area contributed by atoms with E-state index in [9.17, 15) is 4.39 Å². The van der Waals surface area contributed by atoms with Crippen LogP contribution in [0.1, 0.15) is 12.8 Å². The lowest BCUT2D eigenvalue weighted by atomic mass is 10.2. The van der Waals surface area contributed by atoms with Crippen LogP contribution in [0.2, 0.25) is 0 Å². The minimum atomic E-state index is -0.268. The van der Waals surface area contributed by atoms with Crippen LogP contribution in [0.25, 0.3) is 0 Å². The molecule has 2 aliphatic heterocycles. The fraction of sp³-hybridized carbons (Fsp3) is 0.429. The summed E-state index contributed by atoms with van der Waals surface area (Å²) in [5.41, 5.74) is 6.50. The van der Waals surface area contributed by atoms with Gasteiger partial charge in [0.25, 0.3) is 0 Å². The van der Waals surface area contributed by atoms with Crippen molar-refractivity contribution in [3.8, 4) is 0 Å². The highest BCUT2D eigenvalue weighted by Crippen LogP contribution is 2.30. The molecule has 106 valence electrons. The summed E-state index contributed by atoms with van der Waals surface area (Å²) in [7, 11) is 0. The van der Waals surface area contributed by atoms with Gasteiger partial charge >= 0.3 is 0 Å². The number of quaternary nitrogens is 1. The topological polar surface area (TPSA) is 54.0 Å². The SMILES string of the molecule is NC1=C[N+](CCN2CCCC2)(c2cccc(F)c2)N=N1. The van der Waals surface area contributed by atoms with Gasteiger partial charge in [-0.3, -0.25) is 4.90 Å². The lowest BCUT2D eigenvalue weighted by molar-refractivity contribution is 0.277. The highest BCUT2D eigenvalue weighted by atomic mass is 19.1. The van der Waals surface area contributed by atoms with Gasteiger partial charge in [0.1, 0.15) is 12.4 Å². The van der Waals surface area contributed by atoms with Crippen molar-refractivity contribution in [1.29, 1.82) is 0 Å². The lowest BCUT2D eigenvalue weighted by Gasteiger charge is -2.25. The zero-order valence-electron chi connectivity index (χ0n) is 11.4. The van der Waals surface area contributed by atoms with Gasteiger partial charge in [0.2, 0.25) is 5.82 Å². The van der Waals surface area contributed by atoms with Gasteiger partial charge in [0.05, 0.1) is 6.54 Å². The van der Waals surface area contributed by atoms with Crippen molar-refractivity contribution in [2.24, 2.45) is 16.1 Å². The van der Waals surface area contributed by atoms with Gasteiger partial charge < -0.3 is 5.73 Å². The van der Waals surface area contributed by atoms with Crippen molar-refractivity contribution in [3.05, 3.63) is 42.1 Å². The van der Waals surface area contributed by atoms with Crippen molar-refractivity contribution >= 4 is 5.69 Å². The van der Waals surface area contributed by atoms with Crippen LogP contribution < -0.4 is 10.3 Å². The Morgan fingerprint density at radius 3 is 2.75 bits per heavy atom. The van der Waals surface area contributed by atoms with E-state index in [1.165, 1.54) is 25.0 Å². The molecule has 3 rings (SSSR count). The van der Waals surface area contributed by atoms with Crippen LogP contribution in [0, 0.1) is 5.82 Å². The molecule has 5 nitrogen and oxygen atoms in total. The molecule has 0 bridgehead atoms. The fourth-order valence-corrected chi connectivity index (χ4v) is 2.78. The molecule has 2 aliphatic rings. The Bertz CT molecular complexity index is 550. The quantitative estimate of drug-likeness (QED) is 0.858. The van der Waals surface area contributed by atoms with Gasteiger partial charge in [-0.2, -0.15) is 0 Å². The van der Waals surface area contributed by atoms with E-state index in [1.54, 1.807) is 12.3 Å². The molecule has 6 heteroatoms. The number of benzene rings is 1. The fourth-order valence-electron chi connectivity index (χ4n) is 2.78. The third kappa shape index (κ3) is 2.57. The Morgan fingerprint density at radius 1 is 1.30 bits per heavy atom.